The van der Waals surface area contributed by atoms with Crippen molar-refractivity contribution in [1.29, 1.82) is 0 Å². The number of hydrogen-bond acceptors (Lipinski definition) is 1. The van der Waals surface area contributed by atoms with Gasteiger partial charge in [0.25, 0.3) is 0 Å². The van der Waals surface area contributed by atoms with E-state index in [-0.39, 0.29) is 0 Å². The van der Waals surface area contributed by atoms with Crippen molar-refractivity contribution in [1.82, 2.24) is 0 Å². The van der Waals surface area contributed by atoms with E-state index in [9.17, 15) is 0 Å². The monoisotopic (exact) mass is 102 g/mol. The molecular formula is C5H10S. The lowest BCUT2D eigenvalue weighted by molar-refractivity contribution is 0.894. The standard InChI is InChI=1S/C5H10S/c1-3-5-4(2)6-5/h4-5H,3H2,1-2H3/t4?,5-/m0/s1. The van der Waals surface area contributed by atoms with Gasteiger partial charge >= 0.3 is 0 Å². The molecular weight excluding hydrogens is 92.1 g/mol. The van der Waals surface area contributed by atoms with Gasteiger partial charge in [-0.3, -0.25) is 0 Å². The van der Waals surface area contributed by atoms with Gasteiger partial charge in [0.2, 0.25) is 0 Å². The van der Waals surface area contributed by atoms with E-state index in [1.807, 2.05) is 0 Å². The first-order valence-corrected chi connectivity index (χ1v) is 3.44. The van der Waals surface area contributed by atoms with E-state index < -0.39 is 0 Å². The van der Waals surface area contributed by atoms with Crippen molar-refractivity contribution in [3.63, 3.8) is 0 Å². The first-order chi connectivity index (χ1) is 2.84. The molecule has 0 spiro atoms. The van der Waals surface area contributed by atoms with Crippen LogP contribution in [0.3, 0.4) is 0 Å². The fourth-order valence-electron chi connectivity index (χ4n) is 0.659. The zero-order chi connectivity index (χ0) is 4.57. The molecule has 0 saturated carbocycles. The van der Waals surface area contributed by atoms with Crippen LogP contribution < -0.4 is 0 Å². The van der Waals surface area contributed by atoms with Crippen molar-refractivity contribution in [2.45, 2.75) is 30.8 Å². The third-order valence-electron chi connectivity index (χ3n) is 1.24. The maximum atomic E-state index is 2.29. The SMILES string of the molecule is CC[C@@H]1SC1C. The summed E-state index contributed by atoms with van der Waals surface area (Å²) in [6.45, 7) is 4.54. The molecule has 1 unspecified atom stereocenters. The van der Waals surface area contributed by atoms with E-state index in [1.165, 1.54) is 6.42 Å². The van der Waals surface area contributed by atoms with Crippen LogP contribution in [-0.4, -0.2) is 10.5 Å². The predicted octanol–water partition coefficient (Wildman–Crippen LogP) is 1.90. The zero-order valence-corrected chi connectivity index (χ0v) is 5.09. The first kappa shape index (κ1) is 4.51. The van der Waals surface area contributed by atoms with Crippen LogP contribution >= 0.6 is 11.8 Å². The molecule has 1 fully saturated rings. The van der Waals surface area contributed by atoms with Gasteiger partial charge in [-0.1, -0.05) is 13.8 Å². The Morgan fingerprint density at radius 2 is 2.17 bits per heavy atom. The van der Waals surface area contributed by atoms with Crippen LogP contribution in [0.25, 0.3) is 0 Å². The summed E-state index contributed by atoms with van der Waals surface area (Å²) < 4.78 is 0. The summed E-state index contributed by atoms with van der Waals surface area (Å²) in [5.41, 5.74) is 0. The van der Waals surface area contributed by atoms with E-state index in [2.05, 4.69) is 25.6 Å². The van der Waals surface area contributed by atoms with Gasteiger partial charge in [0.05, 0.1) is 0 Å². The molecule has 0 amide bonds. The van der Waals surface area contributed by atoms with Crippen molar-refractivity contribution >= 4 is 11.8 Å². The van der Waals surface area contributed by atoms with Gasteiger partial charge in [-0.25, -0.2) is 0 Å². The van der Waals surface area contributed by atoms with Crippen LogP contribution in [0.5, 0.6) is 0 Å². The summed E-state index contributed by atoms with van der Waals surface area (Å²) in [6, 6.07) is 0. The van der Waals surface area contributed by atoms with Crippen molar-refractivity contribution in [2.24, 2.45) is 0 Å². The van der Waals surface area contributed by atoms with Gasteiger partial charge in [0.1, 0.15) is 0 Å². The second-order valence-electron chi connectivity index (χ2n) is 1.79. The van der Waals surface area contributed by atoms with Gasteiger partial charge in [-0.15, -0.1) is 0 Å². The summed E-state index contributed by atoms with van der Waals surface area (Å²) >= 11 is 2.09. The largest absolute Gasteiger partial charge is 0.153 e. The highest BCUT2D eigenvalue weighted by atomic mass is 32.2. The molecule has 0 bridgehead atoms. The Hall–Kier alpha value is 0.350. The summed E-state index contributed by atoms with van der Waals surface area (Å²) in [5.74, 6) is 0. The third-order valence-corrected chi connectivity index (χ3v) is 2.77. The average Bonchev–Trinajstić information content (AvgIpc) is 2.19. The minimum Gasteiger partial charge on any atom is -0.153 e. The molecule has 2 atom stereocenters. The number of thioether (sulfide) groups is 1. The molecule has 0 radical (unpaired) electrons. The van der Waals surface area contributed by atoms with Gasteiger partial charge in [0, 0.05) is 10.5 Å². The molecule has 0 aromatic carbocycles. The number of hydrogen-bond donors (Lipinski definition) is 0. The Labute approximate surface area is 43.3 Å². The highest BCUT2D eigenvalue weighted by molar-refractivity contribution is 8.07. The molecule has 0 aromatic rings. The second-order valence-corrected chi connectivity index (χ2v) is 3.41. The molecule has 1 aliphatic heterocycles. The lowest BCUT2D eigenvalue weighted by Crippen LogP contribution is -1.81. The summed E-state index contributed by atoms with van der Waals surface area (Å²) in [5, 5.41) is 2.00. The fraction of sp³-hybridized carbons (Fsp3) is 1.00. The lowest BCUT2D eigenvalue weighted by Gasteiger charge is -1.75. The summed E-state index contributed by atoms with van der Waals surface area (Å²) in [7, 11) is 0. The molecule has 1 heteroatoms. The van der Waals surface area contributed by atoms with Gasteiger partial charge in [0.15, 0.2) is 0 Å². The Morgan fingerprint density at radius 3 is 2.17 bits per heavy atom. The highest BCUT2D eigenvalue weighted by Gasteiger charge is 2.30. The van der Waals surface area contributed by atoms with Crippen LogP contribution in [-0.2, 0) is 0 Å². The summed E-state index contributed by atoms with van der Waals surface area (Å²) in [4.78, 5) is 0. The van der Waals surface area contributed by atoms with Crippen LogP contribution in [0, 0.1) is 0 Å². The quantitative estimate of drug-likeness (QED) is 0.456. The van der Waals surface area contributed by atoms with Crippen LogP contribution in [0.2, 0.25) is 0 Å². The Bertz CT molecular complexity index is 49.9. The van der Waals surface area contributed by atoms with E-state index >= 15 is 0 Å². The average molecular weight is 102 g/mol. The van der Waals surface area contributed by atoms with Crippen LogP contribution in [0.1, 0.15) is 20.3 Å². The normalized spacial score (nSPS) is 43.0. The van der Waals surface area contributed by atoms with Crippen molar-refractivity contribution < 1.29 is 0 Å². The van der Waals surface area contributed by atoms with E-state index in [0.29, 0.717) is 0 Å². The molecule has 6 heavy (non-hydrogen) atoms. The van der Waals surface area contributed by atoms with E-state index in [1.54, 1.807) is 0 Å². The Morgan fingerprint density at radius 1 is 1.67 bits per heavy atom. The topological polar surface area (TPSA) is 0 Å². The first-order valence-electron chi connectivity index (χ1n) is 2.50. The fourth-order valence-corrected chi connectivity index (χ4v) is 1.50. The van der Waals surface area contributed by atoms with Crippen molar-refractivity contribution in [2.75, 3.05) is 0 Å². The van der Waals surface area contributed by atoms with Gasteiger partial charge in [-0.05, 0) is 6.42 Å². The Balaban J connectivity index is 2.09. The van der Waals surface area contributed by atoms with Crippen LogP contribution in [0.15, 0.2) is 0 Å². The van der Waals surface area contributed by atoms with Crippen LogP contribution in [0.4, 0.5) is 0 Å². The molecule has 0 N–H and O–H groups in total. The van der Waals surface area contributed by atoms with Gasteiger partial charge < -0.3 is 0 Å². The zero-order valence-electron chi connectivity index (χ0n) is 4.27. The molecule has 36 valence electrons. The molecule has 1 heterocycles. The van der Waals surface area contributed by atoms with Gasteiger partial charge in [-0.2, -0.15) is 11.8 Å². The molecule has 1 saturated heterocycles. The molecule has 1 aliphatic rings. The second kappa shape index (κ2) is 1.45. The number of rotatable bonds is 1. The lowest BCUT2D eigenvalue weighted by atomic mass is 10.3. The van der Waals surface area contributed by atoms with Crippen molar-refractivity contribution in [3.8, 4) is 0 Å². The smallest absolute Gasteiger partial charge is 0.0164 e. The molecule has 1 rings (SSSR count). The van der Waals surface area contributed by atoms with E-state index in [0.717, 1.165) is 10.5 Å². The Kier molecular flexibility index (Phi) is 1.09. The molecule has 0 aromatic heterocycles. The maximum absolute atomic E-state index is 2.29. The van der Waals surface area contributed by atoms with E-state index in [4.69, 9.17) is 0 Å². The molecule has 0 aliphatic carbocycles. The van der Waals surface area contributed by atoms with Crippen molar-refractivity contribution in [3.05, 3.63) is 0 Å². The minimum atomic E-state index is 0.981. The minimum absolute atomic E-state index is 0.981. The highest BCUT2D eigenvalue weighted by Crippen LogP contribution is 2.42. The third kappa shape index (κ3) is 0.700. The predicted molar refractivity (Wildman–Crippen MR) is 31.1 cm³/mol. The maximum Gasteiger partial charge on any atom is 0.0164 e. The summed E-state index contributed by atoms with van der Waals surface area (Å²) in [6.07, 6.45) is 1.37. The molecule has 0 nitrogen and oxygen atoms in total.